The lowest BCUT2D eigenvalue weighted by Crippen LogP contribution is -2.41. The van der Waals surface area contributed by atoms with Crippen LogP contribution < -0.4 is 5.32 Å². The molecule has 15 heavy (non-hydrogen) atoms. The predicted molar refractivity (Wildman–Crippen MR) is 62.7 cm³/mol. The van der Waals surface area contributed by atoms with E-state index in [-0.39, 0.29) is 5.91 Å². The topological polar surface area (TPSA) is 32.3 Å². The molecule has 1 aliphatic rings. The number of nitrogens with one attached hydrogen (secondary N) is 1. The molecule has 0 aromatic carbocycles. The summed E-state index contributed by atoms with van der Waals surface area (Å²) in [6.07, 6.45) is 5.15. The molecule has 0 bridgehead atoms. The van der Waals surface area contributed by atoms with E-state index >= 15 is 0 Å². The van der Waals surface area contributed by atoms with Crippen molar-refractivity contribution >= 4 is 5.91 Å². The van der Waals surface area contributed by atoms with E-state index in [4.69, 9.17) is 0 Å². The van der Waals surface area contributed by atoms with E-state index < -0.39 is 0 Å². The third-order valence-corrected chi connectivity index (χ3v) is 2.77. The molecule has 1 atom stereocenters. The Morgan fingerprint density at radius 2 is 2.33 bits per heavy atom. The van der Waals surface area contributed by atoms with Gasteiger partial charge in [0.05, 0.1) is 6.54 Å². The Labute approximate surface area is 92.5 Å². The molecule has 1 fully saturated rings. The number of hydrogen-bond donors (Lipinski definition) is 1. The first-order chi connectivity index (χ1) is 7.19. The second-order valence-corrected chi connectivity index (χ2v) is 4.22. The lowest BCUT2D eigenvalue weighted by molar-refractivity contribution is -0.130. The van der Waals surface area contributed by atoms with E-state index in [2.05, 4.69) is 18.8 Å². The van der Waals surface area contributed by atoms with Crippen LogP contribution in [0.5, 0.6) is 0 Å². The summed E-state index contributed by atoms with van der Waals surface area (Å²) in [7, 11) is 0. The van der Waals surface area contributed by atoms with E-state index in [1.165, 1.54) is 12.8 Å². The minimum absolute atomic E-state index is 0.232. The van der Waals surface area contributed by atoms with Gasteiger partial charge >= 0.3 is 0 Å². The first-order valence-corrected chi connectivity index (χ1v) is 5.82. The third-order valence-electron chi connectivity index (χ3n) is 2.77. The average Bonchev–Trinajstić information content (AvgIpc) is 3.00. The molecule has 0 aromatic rings. The molecule has 1 rings (SSSR count). The molecule has 1 amide bonds. The molecular weight excluding hydrogens is 188 g/mol. The van der Waals surface area contributed by atoms with Gasteiger partial charge in [0.2, 0.25) is 5.91 Å². The minimum atomic E-state index is 0.232. The lowest BCUT2D eigenvalue weighted by atomic mass is 10.2. The van der Waals surface area contributed by atoms with Crippen molar-refractivity contribution in [3.8, 4) is 0 Å². The Balaban J connectivity index is 2.24. The van der Waals surface area contributed by atoms with Crippen molar-refractivity contribution in [1.82, 2.24) is 10.2 Å². The minimum Gasteiger partial charge on any atom is -0.339 e. The van der Waals surface area contributed by atoms with Crippen LogP contribution in [-0.4, -0.2) is 36.0 Å². The normalized spacial score (nSPS) is 17.2. The number of carbonyl (C=O) groups excluding carboxylic acids is 1. The van der Waals surface area contributed by atoms with E-state index in [9.17, 15) is 4.79 Å². The summed E-state index contributed by atoms with van der Waals surface area (Å²) in [5, 5.41) is 3.22. The van der Waals surface area contributed by atoms with Crippen molar-refractivity contribution in [2.45, 2.75) is 45.2 Å². The molecule has 0 spiro atoms. The Morgan fingerprint density at radius 3 is 2.80 bits per heavy atom. The van der Waals surface area contributed by atoms with Gasteiger partial charge in [-0.3, -0.25) is 4.79 Å². The standard InChI is InChI=1S/C12H22N2O/c1-4-6-10(3)13-9-12(15)14(5-2)11-7-8-11/h4,10-11,13H,1,5-9H2,2-3H3. The number of carbonyl (C=O) groups is 1. The highest BCUT2D eigenvalue weighted by Gasteiger charge is 2.30. The fourth-order valence-corrected chi connectivity index (χ4v) is 1.72. The molecule has 0 saturated heterocycles. The molecule has 1 unspecified atom stereocenters. The molecule has 86 valence electrons. The maximum Gasteiger partial charge on any atom is 0.236 e. The first-order valence-electron chi connectivity index (χ1n) is 5.82. The van der Waals surface area contributed by atoms with E-state index in [0.29, 0.717) is 18.6 Å². The second-order valence-electron chi connectivity index (χ2n) is 4.22. The van der Waals surface area contributed by atoms with Crippen LogP contribution >= 0.6 is 0 Å². The van der Waals surface area contributed by atoms with Gasteiger partial charge in [-0.25, -0.2) is 0 Å². The maximum absolute atomic E-state index is 11.8. The van der Waals surface area contributed by atoms with Gasteiger partial charge < -0.3 is 10.2 Å². The number of amides is 1. The van der Waals surface area contributed by atoms with Gasteiger partial charge in [-0.05, 0) is 33.1 Å². The van der Waals surface area contributed by atoms with Gasteiger partial charge in [0.1, 0.15) is 0 Å². The first kappa shape index (κ1) is 12.2. The maximum atomic E-state index is 11.8. The molecule has 0 aliphatic heterocycles. The number of rotatable bonds is 7. The Hall–Kier alpha value is -0.830. The smallest absolute Gasteiger partial charge is 0.236 e. The summed E-state index contributed by atoms with van der Waals surface area (Å²) in [6.45, 7) is 9.09. The van der Waals surface area contributed by atoms with Crippen LogP contribution in [0.3, 0.4) is 0 Å². The van der Waals surface area contributed by atoms with Crippen LogP contribution in [0.2, 0.25) is 0 Å². The fourth-order valence-electron chi connectivity index (χ4n) is 1.72. The Bertz CT molecular complexity index is 224. The molecule has 3 heteroatoms. The van der Waals surface area contributed by atoms with Crippen LogP contribution in [0.25, 0.3) is 0 Å². The van der Waals surface area contributed by atoms with Crippen LogP contribution in [0.1, 0.15) is 33.1 Å². The number of nitrogens with zero attached hydrogens (tertiary/aromatic N) is 1. The number of likely N-dealkylation sites (N-methyl/N-ethyl adjacent to an activating group) is 1. The van der Waals surface area contributed by atoms with Crippen molar-refractivity contribution in [3.05, 3.63) is 12.7 Å². The van der Waals surface area contributed by atoms with Crippen molar-refractivity contribution in [1.29, 1.82) is 0 Å². The third kappa shape index (κ3) is 4.04. The van der Waals surface area contributed by atoms with E-state index in [1.807, 2.05) is 17.9 Å². The highest BCUT2D eigenvalue weighted by Crippen LogP contribution is 2.26. The van der Waals surface area contributed by atoms with Gasteiger partial charge in [-0.1, -0.05) is 6.08 Å². The average molecular weight is 210 g/mol. The van der Waals surface area contributed by atoms with Gasteiger partial charge in [0.25, 0.3) is 0 Å². The summed E-state index contributed by atoms with van der Waals surface area (Å²) in [4.78, 5) is 13.8. The van der Waals surface area contributed by atoms with Gasteiger partial charge in [0.15, 0.2) is 0 Å². The van der Waals surface area contributed by atoms with Crippen molar-refractivity contribution < 1.29 is 4.79 Å². The predicted octanol–water partition coefficient (Wildman–Crippen LogP) is 1.55. The van der Waals surface area contributed by atoms with Crippen LogP contribution in [0, 0.1) is 0 Å². The summed E-state index contributed by atoms with van der Waals surface area (Å²) < 4.78 is 0. The largest absolute Gasteiger partial charge is 0.339 e. The van der Waals surface area contributed by atoms with Gasteiger partial charge in [0, 0.05) is 18.6 Å². The summed E-state index contributed by atoms with van der Waals surface area (Å²) in [5.74, 6) is 0.232. The second kappa shape index (κ2) is 5.91. The summed E-state index contributed by atoms with van der Waals surface area (Å²) >= 11 is 0. The zero-order valence-electron chi connectivity index (χ0n) is 9.83. The van der Waals surface area contributed by atoms with Crippen molar-refractivity contribution in [3.63, 3.8) is 0 Å². The summed E-state index contributed by atoms with van der Waals surface area (Å²) in [5.41, 5.74) is 0. The molecule has 1 aliphatic carbocycles. The molecule has 0 aromatic heterocycles. The highest BCUT2D eigenvalue weighted by molar-refractivity contribution is 5.78. The van der Waals surface area contributed by atoms with E-state index in [0.717, 1.165) is 13.0 Å². The SMILES string of the molecule is C=CCC(C)NCC(=O)N(CC)C1CC1. The van der Waals surface area contributed by atoms with Crippen LogP contribution in [0.15, 0.2) is 12.7 Å². The molecule has 1 saturated carbocycles. The number of hydrogen-bond acceptors (Lipinski definition) is 2. The van der Waals surface area contributed by atoms with Crippen LogP contribution in [0.4, 0.5) is 0 Å². The zero-order valence-corrected chi connectivity index (χ0v) is 9.83. The van der Waals surface area contributed by atoms with Crippen molar-refractivity contribution in [2.75, 3.05) is 13.1 Å². The molecular formula is C12H22N2O. The summed E-state index contributed by atoms with van der Waals surface area (Å²) in [6, 6.07) is 0.864. The Morgan fingerprint density at radius 1 is 1.67 bits per heavy atom. The lowest BCUT2D eigenvalue weighted by Gasteiger charge is -2.21. The molecule has 0 heterocycles. The molecule has 3 nitrogen and oxygen atoms in total. The highest BCUT2D eigenvalue weighted by atomic mass is 16.2. The van der Waals surface area contributed by atoms with E-state index in [1.54, 1.807) is 0 Å². The molecule has 0 radical (unpaired) electrons. The van der Waals surface area contributed by atoms with Crippen LogP contribution in [-0.2, 0) is 4.79 Å². The van der Waals surface area contributed by atoms with Gasteiger partial charge in [-0.15, -0.1) is 6.58 Å². The monoisotopic (exact) mass is 210 g/mol. The quantitative estimate of drug-likeness (QED) is 0.647. The fraction of sp³-hybridized carbons (Fsp3) is 0.750. The van der Waals surface area contributed by atoms with Gasteiger partial charge in [-0.2, -0.15) is 0 Å². The molecule has 1 N–H and O–H groups in total. The Kier molecular flexibility index (Phi) is 4.82. The zero-order chi connectivity index (χ0) is 11.3. The van der Waals surface area contributed by atoms with Crippen molar-refractivity contribution in [2.24, 2.45) is 0 Å².